The quantitative estimate of drug-likeness (QED) is 0.519. The molecule has 4 nitrogen and oxygen atoms in total. The van der Waals surface area contributed by atoms with Crippen LogP contribution in [0.1, 0.15) is 78.6 Å². The van der Waals surface area contributed by atoms with Crippen LogP contribution in [0.15, 0.2) is 0 Å². The van der Waals surface area contributed by atoms with Gasteiger partial charge in [0.05, 0.1) is 6.10 Å². The van der Waals surface area contributed by atoms with E-state index >= 15 is 0 Å². The first kappa shape index (κ1) is 23.7. The fourth-order valence-corrected chi connectivity index (χ4v) is 3.60. The van der Waals surface area contributed by atoms with Gasteiger partial charge in [-0.25, -0.2) is 0 Å². The monoisotopic (exact) mass is 362 g/mol. The second-order valence-electron chi connectivity index (χ2n) is 7.70. The Kier molecular flexibility index (Phi) is 12.8. The van der Waals surface area contributed by atoms with Crippen molar-refractivity contribution in [3.63, 3.8) is 0 Å². The average Bonchev–Trinajstić information content (AvgIpc) is 2.53. The number of nitrogens with one attached hydrogen (secondary N) is 1. The predicted molar refractivity (Wildman–Crippen MR) is 103 cm³/mol. The van der Waals surface area contributed by atoms with Crippen LogP contribution in [0.3, 0.4) is 0 Å². The first-order chi connectivity index (χ1) is 11.0. The van der Waals surface area contributed by atoms with Gasteiger partial charge in [0, 0.05) is 18.5 Å². The predicted octanol–water partition coefficient (Wildman–Crippen LogP) is 3.65. The van der Waals surface area contributed by atoms with E-state index in [1.54, 1.807) is 0 Å². The summed E-state index contributed by atoms with van der Waals surface area (Å²) in [5.74, 6) is 0.786. The zero-order valence-electron chi connectivity index (χ0n) is 15.8. The molecule has 0 bridgehead atoms. The van der Waals surface area contributed by atoms with Gasteiger partial charge in [0.15, 0.2) is 0 Å². The van der Waals surface area contributed by atoms with Crippen molar-refractivity contribution >= 4 is 18.3 Å². The number of nitrogens with two attached hydrogens (primary N) is 1. The first-order valence-corrected chi connectivity index (χ1v) is 9.67. The number of carbonyl (C=O) groups is 1. The number of hydrogen-bond donors (Lipinski definition) is 3. The molecule has 4 N–H and O–H groups in total. The molecule has 3 unspecified atom stereocenters. The summed E-state index contributed by atoms with van der Waals surface area (Å²) in [7, 11) is 0. The fourth-order valence-electron chi connectivity index (χ4n) is 3.60. The second kappa shape index (κ2) is 13.0. The lowest BCUT2D eigenvalue weighted by Crippen LogP contribution is -2.42. The number of aliphatic hydroxyl groups is 1. The van der Waals surface area contributed by atoms with E-state index in [-0.39, 0.29) is 36.2 Å². The SMILES string of the molecule is CCCCNC(=O)C(CC(O)C(N)CC1CCCCC1)C(C)C.Cl. The van der Waals surface area contributed by atoms with Crippen molar-refractivity contribution in [3.05, 3.63) is 0 Å². The molecule has 1 aliphatic carbocycles. The highest BCUT2D eigenvalue weighted by Gasteiger charge is 2.29. The lowest BCUT2D eigenvalue weighted by atomic mass is 9.81. The topological polar surface area (TPSA) is 75.3 Å². The first-order valence-electron chi connectivity index (χ1n) is 9.67. The number of carbonyl (C=O) groups excluding carboxylic acids is 1. The van der Waals surface area contributed by atoms with Crippen LogP contribution in [-0.4, -0.2) is 29.7 Å². The summed E-state index contributed by atoms with van der Waals surface area (Å²) in [5, 5.41) is 13.5. The molecule has 24 heavy (non-hydrogen) atoms. The summed E-state index contributed by atoms with van der Waals surface area (Å²) < 4.78 is 0. The minimum atomic E-state index is -0.582. The average molecular weight is 363 g/mol. The Labute approximate surface area is 154 Å². The molecule has 0 aliphatic heterocycles. The molecule has 1 saturated carbocycles. The summed E-state index contributed by atoms with van der Waals surface area (Å²) in [4.78, 5) is 12.3. The molecule has 5 heteroatoms. The van der Waals surface area contributed by atoms with E-state index < -0.39 is 6.10 Å². The van der Waals surface area contributed by atoms with Gasteiger partial charge in [-0.3, -0.25) is 4.79 Å². The van der Waals surface area contributed by atoms with Crippen molar-refractivity contribution in [1.82, 2.24) is 5.32 Å². The maximum Gasteiger partial charge on any atom is 0.223 e. The summed E-state index contributed by atoms with van der Waals surface area (Å²) >= 11 is 0. The zero-order valence-corrected chi connectivity index (χ0v) is 16.6. The molecule has 0 spiro atoms. The molecule has 1 rings (SSSR count). The minimum Gasteiger partial charge on any atom is -0.391 e. The molecule has 0 radical (unpaired) electrons. The van der Waals surface area contributed by atoms with E-state index in [9.17, 15) is 9.90 Å². The lowest BCUT2D eigenvalue weighted by Gasteiger charge is -2.29. The normalized spacial score (nSPS) is 19.4. The highest BCUT2D eigenvalue weighted by atomic mass is 35.5. The number of rotatable bonds is 10. The molecule has 3 atom stereocenters. The standard InChI is InChI=1S/C19H38N2O2.ClH/c1-4-5-11-21-19(23)16(14(2)3)13-18(22)17(20)12-15-9-7-6-8-10-15;/h14-18,22H,4-13,20H2,1-3H3,(H,21,23);1H. The van der Waals surface area contributed by atoms with Crippen molar-refractivity contribution in [1.29, 1.82) is 0 Å². The molecule has 0 aromatic carbocycles. The maximum atomic E-state index is 12.3. The van der Waals surface area contributed by atoms with Crippen LogP contribution in [0.25, 0.3) is 0 Å². The molecule has 0 saturated heterocycles. The number of hydrogen-bond acceptors (Lipinski definition) is 3. The van der Waals surface area contributed by atoms with E-state index in [4.69, 9.17) is 5.73 Å². The van der Waals surface area contributed by atoms with E-state index in [1.165, 1.54) is 32.1 Å². The van der Waals surface area contributed by atoms with Gasteiger partial charge in [0.25, 0.3) is 0 Å². The summed E-state index contributed by atoms with van der Waals surface area (Å²) in [5.41, 5.74) is 6.24. The van der Waals surface area contributed by atoms with Crippen molar-refractivity contribution in [2.45, 2.75) is 90.7 Å². The van der Waals surface area contributed by atoms with Gasteiger partial charge in [0.1, 0.15) is 0 Å². The molecular formula is C19H39ClN2O2. The van der Waals surface area contributed by atoms with Crippen molar-refractivity contribution < 1.29 is 9.90 Å². The highest BCUT2D eigenvalue weighted by Crippen LogP contribution is 2.28. The van der Waals surface area contributed by atoms with E-state index in [0.717, 1.165) is 25.8 Å². The third-order valence-corrected chi connectivity index (χ3v) is 5.29. The third-order valence-electron chi connectivity index (χ3n) is 5.29. The molecule has 0 aromatic rings. The van der Waals surface area contributed by atoms with E-state index in [2.05, 4.69) is 12.2 Å². The Balaban J connectivity index is 0.00000529. The maximum absolute atomic E-state index is 12.3. The van der Waals surface area contributed by atoms with Crippen LogP contribution in [-0.2, 0) is 4.79 Å². The van der Waals surface area contributed by atoms with Gasteiger partial charge in [0.2, 0.25) is 5.91 Å². The molecule has 144 valence electrons. The Morgan fingerprint density at radius 1 is 1.25 bits per heavy atom. The van der Waals surface area contributed by atoms with Crippen LogP contribution in [0, 0.1) is 17.8 Å². The minimum absolute atomic E-state index is 0. The van der Waals surface area contributed by atoms with E-state index in [0.29, 0.717) is 12.3 Å². The lowest BCUT2D eigenvalue weighted by molar-refractivity contribution is -0.127. The number of amides is 1. The van der Waals surface area contributed by atoms with E-state index in [1.807, 2.05) is 13.8 Å². The van der Waals surface area contributed by atoms with Crippen LogP contribution in [0.4, 0.5) is 0 Å². The largest absolute Gasteiger partial charge is 0.391 e. The van der Waals surface area contributed by atoms with Crippen LogP contribution >= 0.6 is 12.4 Å². The van der Waals surface area contributed by atoms with Gasteiger partial charge in [-0.1, -0.05) is 59.3 Å². The number of halogens is 1. The highest BCUT2D eigenvalue weighted by molar-refractivity contribution is 5.85. The smallest absolute Gasteiger partial charge is 0.223 e. The Morgan fingerprint density at radius 2 is 1.88 bits per heavy atom. The molecule has 1 amide bonds. The molecule has 0 heterocycles. The van der Waals surface area contributed by atoms with Crippen molar-refractivity contribution in [2.75, 3.05) is 6.54 Å². The number of aliphatic hydroxyl groups excluding tert-OH is 1. The zero-order chi connectivity index (χ0) is 17.2. The van der Waals surface area contributed by atoms with Gasteiger partial charge < -0.3 is 16.2 Å². The third kappa shape index (κ3) is 8.68. The summed E-state index contributed by atoms with van der Waals surface area (Å²) in [6, 6.07) is -0.206. The fraction of sp³-hybridized carbons (Fsp3) is 0.947. The Morgan fingerprint density at radius 3 is 2.42 bits per heavy atom. The Hall–Kier alpha value is -0.320. The van der Waals surface area contributed by atoms with Crippen molar-refractivity contribution in [2.24, 2.45) is 23.5 Å². The van der Waals surface area contributed by atoms with Gasteiger partial charge >= 0.3 is 0 Å². The number of unbranched alkanes of at least 4 members (excludes halogenated alkanes) is 1. The molecule has 1 fully saturated rings. The van der Waals surface area contributed by atoms with Gasteiger partial charge in [-0.05, 0) is 31.1 Å². The van der Waals surface area contributed by atoms with Gasteiger partial charge in [-0.15, -0.1) is 12.4 Å². The van der Waals surface area contributed by atoms with Gasteiger partial charge in [-0.2, -0.15) is 0 Å². The summed E-state index contributed by atoms with van der Waals surface area (Å²) in [6.45, 7) is 6.93. The molecular weight excluding hydrogens is 324 g/mol. The molecule has 1 aliphatic rings. The van der Waals surface area contributed by atoms with Crippen LogP contribution in [0.2, 0.25) is 0 Å². The van der Waals surface area contributed by atoms with Crippen LogP contribution < -0.4 is 11.1 Å². The molecule has 0 aromatic heterocycles. The van der Waals surface area contributed by atoms with Crippen LogP contribution in [0.5, 0.6) is 0 Å². The second-order valence-corrected chi connectivity index (χ2v) is 7.70. The summed E-state index contributed by atoms with van der Waals surface area (Å²) in [6.07, 6.45) is 9.26. The van der Waals surface area contributed by atoms with Crippen molar-refractivity contribution in [3.8, 4) is 0 Å². The Bertz CT molecular complexity index is 333.